The monoisotopic (exact) mass is 452 g/mol. The summed E-state index contributed by atoms with van der Waals surface area (Å²) in [6, 6.07) is 8.16. The Hall–Kier alpha value is -1.41. The quantitative estimate of drug-likeness (QED) is 0.644. The summed E-state index contributed by atoms with van der Waals surface area (Å²) in [4.78, 5) is 17.1. The van der Waals surface area contributed by atoms with Crippen LogP contribution in [0.2, 0.25) is 0 Å². The van der Waals surface area contributed by atoms with E-state index in [9.17, 15) is 4.79 Å². The number of carbonyl (C=O) groups is 1. The van der Waals surface area contributed by atoms with Crippen LogP contribution in [0.25, 0.3) is 0 Å². The highest BCUT2D eigenvalue weighted by molar-refractivity contribution is 9.10. The Morgan fingerprint density at radius 2 is 1.93 bits per heavy atom. The van der Waals surface area contributed by atoms with Gasteiger partial charge in [-0.05, 0) is 43.7 Å². The van der Waals surface area contributed by atoms with Crippen molar-refractivity contribution in [1.82, 2.24) is 9.80 Å². The van der Waals surface area contributed by atoms with Crippen molar-refractivity contribution in [3.63, 3.8) is 0 Å². The van der Waals surface area contributed by atoms with Crippen LogP contribution in [0.5, 0.6) is 0 Å². The van der Waals surface area contributed by atoms with E-state index in [1.54, 1.807) is 0 Å². The fourth-order valence-electron chi connectivity index (χ4n) is 3.45. The highest BCUT2D eigenvalue weighted by Crippen LogP contribution is 2.32. The van der Waals surface area contributed by atoms with Gasteiger partial charge in [0.2, 0.25) is 6.29 Å². The molecule has 154 valence electrons. The number of benzene rings is 1. The maximum atomic E-state index is 13.0. The van der Waals surface area contributed by atoms with E-state index in [0.717, 1.165) is 29.5 Å². The zero-order chi connectivity index (χ0) is 19.9. The van der Waals surface area contributed by atoms with Crippen molar-refractivity contribution in [2.75, 3.05) is 46.4 Å². The second-order valence-corrected chi connectivity index (χ2v) is 8.28. The normalized spacial score (nSPS) is 23.2. The predicted octanol–water partition coefficient (Wildman–Crippen LogP) is 2.73. The van der Waals surface area contributed by atoms with Gasteiger partial charge in [0.1, 0.15) is 0 Å². The van der Waals surface area contributed by atoms with Gasteiger partial charge in [0.15, 0.2) is 5.76 Å². The molecule has 2 heterocycles. The lowest BCUT2D eigenvalue weighted by Gasteiger charge is -2.35. The van der Waals surface area contributed by atoms with Gasteiger partial charge in [-0.3, -0.25) is 4.79 Å². The fourth-order valence-corrected chi connectivity index (χ4v) is 3.71. The van der Waals surface area contributed by atoms with E-state index in [0.29, 0.717) is 38.3 Å². The highest BCUT2D eigenvalue weighted by Gasteiger charge is 2.31. The number of rotatable bonds is 7. The summed E-state index contributed by atoms with van der Waals surface area (Å²) in [5, 5.41) is 8.94. The second kappa shape index (κ2) is 10.4. The van der Waals surface area contributed by atoms with E-state index in [-0.39, 0.29) is 18.4 Å². The van der Waals surface area contributed by atoms with Gasteiger partial charge in [0, 0.05) is 49.6 Å². The van der Waals surface area contributed by atoms with Crippen molar-refractivity contribution in [3.8, 4) is 0 Å². The first-order valence-electron chi connectivity index (χ1n) is 9.91. The first-order chi connectivity index (χ1) is 13.6. The molecule has 0 bridgehead atoms. The van der Waals surface area contributed by atoms with Crippen molar-refractivity contribution in [2.45, 2.75) is 31.5 Å². The summed E-state index contributed by atoms with van der Waals surface area (Å²) in [5.41, 5.74) is 1.14. The second-order valence-electron chi connectivity index (χ2n) is 7.37. The van der Waals surface area contributed by atoms with E-state index in [2.05, 4.69) is 40.0 Å². The molecule has 0 radical (unpaired) electrons. The summed E-state index contributed by atoms with van der Waals surface area (Å²) in [6.45, 7) is 3.83. The van der Waals surface area contributed by atoms with Gasteiger partial charge in [0.05, 0.1) is 6.61 Å². The molecule has 0 aliphatic carbocycles. The number of aliphatic hydroxyl groups is 1. The Balaban J connectivity index is 1.73. The Morgan fingerprint density at radius 3 is 2.61 bits per heavy atom. The van der Waals surface area contributed by atoms with Gasteiger partial charge in [-0.15, -0.1) is 0 Å². The van der Waals surface area contributed by atoms with Crippen LogP contribution in [-0.4, -0.2) is 73.5 Å². The average molecular weight is 453 g/mol. The highest BCUT2D eigenvalue weighted by atomic mass is 79.9. The zero-order valence-electron chi connectivity index (χ0n) is 16.3. The third-order valence-corrected chi connectivity index (χ3v) is 5.74. The number of likely N-dealkylation sites (N-methyl/N-ethyl adjacent to an activating group) is 1. The van der Waals surface area contributed by atoms with Crippen LogP contribution in [0.1, 0.15) is 30.7 Å². The van der Waals surface area contributed by atoms with Crippen LogP contribution in [-0.2, 0) is 14.3 Å². The van der Waals surface area contributed by atoms with E-state index in [1.807, 2.05) is 23.1 Å². The molecule has 1 fully saturated rings. The van der Waals surface area contributed by atoms with Gasteiger partial charge in [-0.25, -0.2) is 0 Å². The van der Waals surface area contributed by atoms with Gasteiger partial charge in [-0.1, -0.05) is 28.1 Å². The summed E-state index contributed by atoms with van der Waals surface area (Å²) in [6.07, 6.45) is 3.62. The number of piperazine rings is 1. The molecule has 6 nitrogen and oxygen atoms in total. The first-order valence-corrected chi connectivity index (χ1v) is 10.7. The lowest BCUT2D eigenvalue weighted by molar-refractivity contribution is -0.153. The number of nitrogens with zero attached hydrogens (tertiary/aromatic N) is 2. The molecule has 1 N–H and O–H groups in total. The summed E-state index contributed by atoms with van der Waals surface area (Å²) < 4.78 is 12.9. The molecule has 1 aromatic carbocycles. The maximum absolute atomic E-state index is 13.0. The van der Waals surface area contributed by atoms with Crippen molar-refractivity contribution < 1.29 is 19.4 Å². The third kappa shape index (κ3) is 5.80. The van der Waals surface area contributed by atoms with Crippen LogP contribution >= 0.6 is 15.9 Å². The van der Waals surface area contributed by atoms with Gasteiger partial charge >= 0.3 is 0 Å². The molecule has 0 spiro atoms. The predicted molar refractivity (Wildman–Crippen MR) is 111 cm³/mol. The van der Waals surface area contributed by atoms with E-state index < -0.39 is 6.29 Å². The van der Waals surface area contributed by atoms with Crippen LogP contribution in [0.3, 0.4) is 0 Å². The van der Waals surface area contributed by atoms with Crippen molar-refractivity contribution >= 4 is 21.8 Å². The number of allylic oxidation sites excluding steroid dienone is 1. The molecule has 1 saturated heterocycles. The Morgan fingerprint density at radius 1 is 1.21 bits per heavy atom. The molecule has 2 aliphatic heterocycles. The topological polar surface area (TPSA) is 62.2 Å². The van der Waals surface area contributed by atoms with E-state index >= 15 is 0 Å². The first kappa shape index (κ1) is 21.3. The number of ether oxygens (including phenoxy) is 2. The number of aliphatic hydroxyl groups excluding tert-OH is 1. The van der Waals surface area contributed by atoms with Crippen LogP contribution < -0.4 is 0 Å². The third-order valence-electron chi connectivity index (χ3n) is 5.21. The average Bonchev–Trinajstić information content (AvgIpc) is 2.71. The fraction of sp³-hybridized carbons (Fsp3) is 0.571. The Kier molecular flexibility index (Phi) is 7.91. The molecule has 7 heteroatoms. The smallest absolute Gasteiger partial charge is 0.288 e. The molecular formula is C21H29BrN2O4. The molecule has 2 aliphatic rings. The Bertz CT molecular complexity index is 671. The molecule has 3 rings (SSSR count). The number of hydrogen-bond acceptors (Lipinski definition) is 5. The summed E-state index contributed by atoms with van der Waals surface area (Å²) in [5.74, 6) is 0.394. The maximum Gasteiger partial charge on any atom is 0.288 e. The van der Waals surface area contributed by atoms with Gasteiger partial charge in [0.25, 0.3) is 5.91 Å². The number of unbranched alkanes of at least 4 members (excludes halogenated alkanes) is 1. The molecule has 1 aromatic rings. The number of amides is 1. The summed E-state index contributed by atoms with van der Waals surface area (Å²) >= 11 is 3.47. The van der Waals surface area contributed by atoms with Crippen molar-refractivity contribution in [3.05, 3.63) is 46.1 Å². The number of carbonyl (C=O) groups excluding carboxylic acids is 1. The van der Waals surface area contributed by atoms with Gasteiger partial charge < -0.3 is 24.4 Å². The van der Waals surface area contributed by atoms with E-state index in [1.165, 1.54) is 0 Å². The minimum absolute atomic E-state index is 0.0566. The van der Waals surface area contributed by atoms with E-state index in [4.69, 9.17) is 14.6 Å². The van der Waals surface area contributed by atoms with Crippen molar-refractivity contribution in [1.29, 1.82) is 0 Å². The summed E-state index contributed by atoms with van der Waals surface area (Å²) in [7, 11) is 2.07. The van der Waals surface area contributed by atoms with Crippen molar-refractivity contribution in [2.24, 2.45) is 0 Å². The lowest BCUT2D eigenvalue weighted by Crippen LogP contribution is -2.48. The molecule has 1 amide bonds. The molecule has 2 atom stereocenters. The molecule has 28 heavy (non-hydrogen) atoms. The van der Waals surface area contributed by atoms with Gasteiger partial charge in [-0.2, -0.15) is 0 Å². The zero-order valence-corrected chi connectivity index (χ0v) is 17.9. The lowest BCUT2D eigenvalue weighted by atomic mass is 9.93. The molecule has 0 unspecified atom stereocenters. The molecule has 0 saturated carbocycles. The SMILES string of the molecule is CN1CCN(C(=O)C2=C[C@H](c3ccc(Br)cc3)C[C@H](OCCCCO)O2)CC1. The minimum atomic E-state index is -0.455. The standard InChI is InChI=1S/C21H29BrN2O4/c1-23-8-10-24(11-9-23)21(26)19-14-17(16-4-6-18(22)7-5-16)15-20(28-19)27-13-3-2-12-25/h4-7,14,17,20,25H,2-3,8-13,15H2,1H3/t17-,20+/m0/s1. The molecular weight excluding hydrogens is 424 g/mol. The van der Waals surface area contributed by atoms with Crippen LogP contribution in [0, 0.1) is 0 Å². The number of hydrogen-bond donors (Lipinski definition) is 1. The number of halogens is 1. The minimum Gasteiger partial charge on any atom is -0.459 e. The molecule has 0 aromatic heterocycles. The van der Waals surface area contributed by atoms with Crippen LogP contribution in [0.4, 0.5) is 0 Å². The Labute approximate surface area is 175 Å². The van der Waals surface area contributed by atoms with Crippen LogP contribution in [0.15, 0.2) is 40.6 Å². The largest absolute Gasteiger partial charge is 0.459 e.